The summed E-state index contributed by atoms with van der Waals surface area (Å²) in [4.78, 5) is 30.3. The van der Waals surface area contributed by atoms with Crippen LogP contribution in [0, 0.1) is 0 Å². The molecule has 0 bridgehead atoms. The molecular weight excluding hydrogens is 460 g/mol. The molecule has 0 aliphatic heterocycles. The molecule has 0 aliphatic rings. The molecule has 0 atom stereocenters. The van der Waals surface area contributed by atoms with Gasteiger partial charge in [-0.1, -0.05) is 25.1 Å². The third-order valence-electron chi connectivity index (χ3n) is 4.33. The van der Waals surface area contributed by atoms with E-state index in [9.17, 15) is 18.0 Å². The van der Waals surface area contributed by atoms with Crippen LogP contribution >= 0.6 is 11.3 Å². The van der Waals surface area contributed by atoms with Crippen molar-refractivity contribution in [1.82, 2.24) is 4.98 Å². The maximum Gasteiger partial charge on any atom is 0.248 e. The maximum absolute atomic E-state index is 12.3. The number of nitrogens with one attached hydrogen (secondary N) is 2. The van der Waals surface area contributed by atoms with E-state index in [0.717, 1.165) is 0 Å². The van der Waals surface area contributed by atoms with E-state index < -0.39 is 10.0 Å². The molecule has 0 spiro atoms. The van der Waals surface area contributed by atoms with Crippen molar-refractivity contribution in [2.75, 3.05) is 20.7 Å². The van der Waals surface area contributed by atoms with E-state index in [1.807, 2.05) is 30.3 Å². The van der Waals surface area contributed by atoms with Crippen molar-refractivity contribution in [2.24, 2.45) is 0 Å². The second-order valence-corrected chi connectivity index (χ2v) is 9.74. The smallest absolute Gasteiger partial charge is 0.248 e. The number of nitrogens with zero attached hydrogens (tertiary/aromatic N) is 2. The minimum atomic E-state index is -3.37. The molecule has 0 fully saturated rings. The molecule has 1 heterocycles. The number of para-hydroxylation sites is 1. The van der Waals surface area contributed by atoms with Crippen LogP contribution in [0.25, 0.3) is 6.08 Å². The molecule has 0 unspecified atom stereocenters. The molecule has 3 rings (SSSR count). The van der Waals surface area contributed by atoms with Gasteiger partial charge in [0.15, 0.2) is 5.13 Å². The Balaban J connectivity index is 1.62. The van der Waals surface area contributed by atoms with E-state index in [1.165, 1.54) is 29.2 Å². The van der Waals surface area contributed by atoms with E-state index in [4.69, 9.17) is 0 Å². The zero-order valence-corrected chi connectivity index (χ0v) is 19.8. The molecule has 2 N–H and O–H groups in total. The van der Waals surface area contributed by atoms with Gasteiger partial charge in [0.05, 0.1) is 17.1 Å². The standard InChI is InChI=1S/C23H24N4O4S2/c1-3-15-33(30,31)26-19-11-9-18(10-12-19)24-22(29)14-13-20-16-32-23(25-20)27(17(2)28)21-7-5-4-6-8-21/h4-14,16,26H,3,15H2,1-2H3,(H,24,29)/b14-13+. The number of carbonyl (C=O) groups excluding carboxylic acids is 2. The average Bonchev–Trinajstić information content (AvgIpc) is 3.22. The molecule has 2 aromatic carbocycles. The Morgan fingerprint density at radius 1 is 1.06 bits per heavy atom. The number of benzene rings is 2. The fraction of sp³-hybridized carbons (Fsp3) is 0.174. The third kappa shape index (κ3) is 6.99. The van der Waals surface area contributed by atoms with Crippen molar-refractivity contribution in [3.05, 3.63) is 71.7 Å². The Hall–Kier alpha value is -3.50. The number of amides is 2. The lowest BCUT2D eigenvalue weighted by atomic mass is 10.3. The highest BCUT2D eigenvalue weighted by Gasteiger charge is 2.17. The number of aromatic nitrogens is 1. The van der Waals surface area contributed by atoms with Gasteiger partial charge in [-0.15, -0.1) is 11.3 Å². The van der Waals surface area contributed by atoms with Gasteiger partial charge in [-0.05, 0) is 48.9 Å². The number of hydrogen-bond acceptors (Lipinski definition) is 6. The van der Waals surface area contributed by atoms with Crippen molar-refractivity contribution < 1.29 is 18.0 Å². The summed E-state index contributed by atoms with van der Waals surface area (Å²) in [6, 6.07) is 15.6. The molecule has 1 aromatic heterocycles. The van der Waals surface area contributed by atoms with Crippen LogP contribution in [0.15, 0.2) is 66.1 Å². The first-order chi connectivity index (χ1) is 15.8. The van der Waals surface area contributed by atoms with Crippen LogP contribution < -0.4 is 14.9 Å². The Labute approximate surface area is 197 Å². The Kier molecular flexibility index (Phi) is 7.96. The van der Waals surface area contributed by atoms with Crippen molar-refractivity contribution in [2.45, 2.75) is 20.3 Å². The highest BCUT2D eigenvalue weighted by molar-refractivity contribution is 7.92. The van der Waals surface area contributed by atoms with Crippen LogP contribution in [-0.4, -0.2) is 31.0 Å². The summed E-state index contributed by atoms with van der Waals surface area (Å²) in [5, 5.41) is 4.98. The largest absolute Gasteiger partial charge is 0.323 e. The summed E-state index contributed by atoms with van der Waals surface area (Å²) >= 11 is 1.30. The normalized spacial score (nSPS) is 11.3. The van der Waals surface area contributed by atoms with Gasteiger partial charge in [0.25, 0.3) is 0 Å². The zero-order chi connectivity index (χ0) is 23.8. The van der Waals surface area contributed by atoms with Crippen LogP contribution in [0.5, 0.6) is 0 Å². The van der Waals surface area contributed by atoms with Crippen LogP contribution in [0.3, 0.4) is 0 Å². The maximum atomic E-state index is 12.3. The SMILES string of the molecule is CCCS(=O)(=O)Nc1ccc(NC(=O)/C=C/c2csc(N(C(C)=O)c3ccccc3)n2)cc1. The number of hydrogen-bond donors (Lipinski definition) is 2. The summed E-state index contributed by atoms with van der Waals surface area (Å²) in [6.45, 7) is 3.26. The van der Waals surface area contributed by atoms with Crippen molar-refractivity contribution >= 4 is 61.4 Å². The van der Waals surface area contributed by atoms with Gasteiger partial charge >= 0.3 is 0 Å². The summed E-state index contributed by atoms with van der Waals surface area (Å²) in [5.41, 5.74) is 2.22. The first-order valence-electron chi connectivity index (χ1n) is 10.2. The first-order valence-corrected chi connectivity index (χ1v) is 12.7. The fourth-order valence-corrected chi connectivity index (χ4v) is 4.92. The second kappa shape index (κ2) is 10.9. The van der Waals surface area contributed by atoms with E-state index in [1.54, 1.807) is 42.6 Å². The fourth-order valence-electron chi connectivity index (χ4n) is 2.93. The lowest BCUT2D eigenvalue weighted by molar-refractivity contribution is -0.116. The highest BCUT2D eigenvalue weighted by atomic mass is 32.2. The molecule has 8 nitrogen and oxygen atoms in total. The number of anilines is 4. The molecule has 3 aromatic rings. The molecule has 10 heteroatoms. The van der Waals surface area contributed by atoms with Crippen molar-refractivity contribution in [3.63, 3.8) is 0 Å². The van der Waals surface area contributed by atoms with Crippen molar-refractivity contribution in [1.29, 1.82) is 0 Å². The van der Waals surface area contributed by atoms with Crippen LogP contribution in [0.1, 0.15) is 26.0 Å². The molecular formula is C23H24N4O4S2. The highest BCUT2D eigenvalue weighted by Crippen LogP contribution is 2.29. The predicted octanol–water partition coefficient (Wildman–Crippen LogP) is 4.63. The Morgan fingerprint density at radius 3 is 2.36 bits per heavy atom. The number of thiazole rings is 1. The lowest BCUT2D eigenvalue weighted by Crippen LogP contribution is -2.22. The molecule has 33 heavy (non-hydrogen) atoms. The van der Waals surface area contributed by atoms with E-state index in [0.29, 0.717) is 34.3 Å². The number of carbonyl (C=O) groups is 2. The first kappa shape index (κ1) is 24.1. The molecule has 2 amide bonds. The monoisotopic (exact) mass is 484 g/mol. The van der Waals surface area contributed by atoms with Gasteiger partial charge in [0.2, 0.25) is 21.8 Å². The van der Waals surface area contributed by atoms with E-state index >= 15 is 0 Å². The molecule has 0 saturated heterocycles. The van der Waals surface area contributed by atoms with Gasteiger partial charge in [-0.25, -0.2) is 13.4 Å². The summed E-state index contributed by atoms with van der Waals surface area (Å²) in [7, 11) is -3.37. The second-order valence-electron chi connectivity index (χ2n) is 7.07. The Morgan fingerprint density at radius 2 is 1.73 bits per heavy atom. The molecule has 0 radical (unpaired) electrons. The summed E-state index contributed by atoms with van der Waals surface area (Å²) in [6.07, 6.45) is 3.43. The van der Waals surface area contributed by atoms with Gasteiger partial charge < -0.3 is 5.32 Å². The predicted molar refractivity (Wildman–Crippen MR) is 133 cm³/mol. The topological polar surface area (TPSA) is 108 Å². The van der Waals surface area contributed by atoms with Crippen LogP contribution in [0.4, 0.5) is 22.2 Å². The van der Waals surface area contributed by atoms with E-state index in [2.05, 4.69) is 15.0 Å². The average molecular weight is 485 g/mol. The summed E-state index contributed by atoms with van der Waals surface area (Å²) in [5.74, 6) is -0.482. The number of rotatable bonds is 9. The van der Waals surface area contributed by atoms with Crippen LogP contribution in [-0.2, 0) is 19.6 Å². The lowest BCUT2D eigenvalue weighted by Gasteiger charge is -2.17. The van der Waals surface area contributed by atoms with Crippen molar-refractivity contribution in [3.8, 4) is 0 Å². The minimum absolute atomic E-state index is 0.0458. The van der Waals surface area contributed by atoms with Gasteiger partial charge in [-0.2, -0.15) is 0 Å². The van der Waals surface area contributed by atoms with Gasteiger partial charge in [-0.3, -0.25) is 19.2 Å². The van der Waals surface area contributed by atoms with Gasteiger partial charge in [0.1, 0.15) is 0 Å². The molecule has 172 valence electrons. The zero-order valence-electron chi connectivity index (χ0n) is 18.2. The minimum Gasteiger partial charge on any atom is -0.323 e. The molecule has 0 saturated carbocycles. The van der Waals surface area contributed by atoms with E-state index in [-0.39, 0.29) is 17.6 Å². The molecule has 0 aliphatic carbocycles. The van der Waals surface area contributed by atoms with Gasteiger partial charge in [0, 0.05) is 29.8 Å². The number of sulfonamides is 1. The Bertz CT molecular complexity index is 1240. The summed E-state index contributed by atoms with van der Waals surface area (Å²) < 4.78 is 26.1. The third-order valence-corrected chi connectivity index (χ3v) is 6.67. The quantitative estimate of drug-likeness (QED) is 0.431. The van der Waals surface area contributed by atoms with Crippen LogP contribution in [0.2, 0.25) is 0 Å².